The molecule has 26 heavy (non-hydrogen) atoms. The first-order valence-electron chi connectivity index (χ1n) is 11.0. The number of hydrogen-bond donors (Lipinski definition) is 0. The molecule has 0 N–H and O–H groups in total. The minimum atomic E-state index is 0.256. The van der Waals surface area contributed by atoms with Gasteiger partial charge in [-0.3, -0.25) is 4.79 Å². The van der Waals surface area contributed by atoms with Crippen molar-refractivity contribution in [2.45, 2.75) is 83.1 Å². The van der Waals surface area contributed by atoms with Gasteiger partial charge in [-0.05, 0) is 112 Å². The largest absolute Gasteiger partial charge is 0.336 e. The molecule has 1 amide bonds. The van der Waals surface area contributed by atoms with Gasteiger partial charge in [0.25, 0.3) is 5.91 Å². The fourth-order valence-electron chi connectivity index (χ4n) is 7.25. The smallest absolute Gasteiger partial charge is 0.254 e. The zero-order valence-electron chi connectivity index (χ0n) is 16.5. The molecule has 4 bridgehead atoms. The van der Waals surface area contributed by atoms with Gasteiger partial charge < -0.3 is 4.90 Å². The number of carbonyl (C=O) groups is 1. The van der Waals surface area contributed by atoms with Crippen LogP contribution in [0.3, 0.4) is 0 Å². The lowest BCUT2D eigenvalue weighted by atomic mass is 9.48. The zero-order valence-corrected chi connectivity index (χ0v) is 16.5. The van der Waals surface area contributed by atoms with E-state index in [-0.39, 0.29) is 5.91 Å². The van der Waals surface area contributed by atoms with Gasteiger partial charge in [0.1, 0.15) is 0 Å². The number of nitrogens with zero attached hydrogens (tertiary/aromatic N) is 1. The molecular formula is C24H33NO. The van der Waals surface area contributed by atoms with E-state index in [9.17, 15) is 4.79 Å². The molecule has 5 fully saturated rings. The van der Waals surface area contributed by atoms with E-state index in [1.165, 1.54) is 56.1 Å². The molecule has 0 spiro atoms. The first-order valence-corrected chi connectivity index (χ1v) is 11.0. The summed E-state index contributed by atoms with van der Waals surface area (Å²) >= 11 is 0. The van der Waals surface area contributed by atoms with Crippen molar-refractivity contribution in [2.24, 2.45) is 17.8 Å². The first-order chi connectivity index (χ1) is 12.5. The maximum atomic E-state index is 13.1. The number of rotatable bonds is 2. The Bertz CT molecular complexity index is 686. The van der Waals surface area contributed by atoms with E-state index in [2.05, 4.69) is 36.9 Å². The second-order valence-electron chi connectivity index (χ2n) is 10.1. The lowest BCUT2D eigenvalue weighted by Crippen LogP contribution is -2.48. The SMILES string of the molecule is Cc1cc(C23CC4CC(CC(C4)C2)C3)ccc1C(=O)N1CCCC[C@H]1C. The molecule has 0 aromatic heterocycles. The van der Waals surface area contributed by atoms with E-state index in [1.807, 2.05) is 0 Å². The van der Waals surface area contributed by atoms with Crippen molar-refractivity contribution in [3.8, 4) is 0 Å². The van der Waals surface area contributed by atoms with Gasteiger partial charge in [0.2, 0.25) is 0 Å². The molecule has 2 nitrogen and oxygen atoms in total. The van der Waals surface area contributed by atoms with Gasteiger partial charge in [-0.1, -0.05) is 12.1 Å². The molecule has 1 aromatic carbocycles. The van der Waals surface area contributed by atoms with Crippen molar-refractivity contribution in [1.29, 1.82) is 0 Å². The molecule has 140 valence electrons. The lowest BCUT2D eigenvalue weighted by Gasteiger charge is -2.57. The Labute approximate surface area is 158 Å². The van der Waals surface area contributed by atoms with E-state index in [1.54, 1.807) is 0 Å². The number of piperidine rings is 1. The molecule has 6 rings (SSSR count). The Balaban J connectivity index is 1.43. The normalized spacial score (nSPS) is 38.6. The maximum absolute atomic E-state index is 13.1. The van der Waals surface area contributed by atoms with Crippen molar-refractivity contribution in [3.63, 3.8) is 0 Å². The van der Waals surface area contributed by atoms with Crippen molar-refractivity contribution in [1.82, 2.24) is 4.90 Å². The summed E-state index contributed by atoms with van der Waals surface area (Å²) < 4.78 is 0. The van der Waals surface area contributed by atoms with Crippen LogP contribution < -0.4 is 0 Å². The highest BCUT2D eigenvalue weighted by Gasteiger charge is 2.51. The Kier molecular flexibility index (Phi) is 3.95. The average molecular weight is 352 g/mol. The van der Waals surface area contributed by atoms with Gasteiger partial charge in [0.05, 0.1) is 0 Å². The maximum Gasteiger partial charge on any atom is 0.254 e. The van der Waals surface area contributed by atoms with Crippen LogP contribution in [0.1, 0.15) is 86.2 Å². The van der Waals surface area contributed by atoms with Crippen molar-refractivity contribution >= 4 is 5.91 Å². The highest BCUT2D eigenvalue weighted by molar-refractivity contribution is 5.96. The van der Waals surface area contributed by atoms with E-state index in [0.29, 0.717) is 11.5 Å². The van der Waals surface area contributed by atoms with Gasteiger partial charge in [0.15, 0.2) is 0 Å². The van der Waals surface area contributed by atoms with E-state index >= 15 is 0 Å². The molecule has 4 aliphatic carbocycles. The van der Waals surface area contributed by atoms with Crippen LogP contribution in [0.15, 0.2) is 18.2 Å². The standard InChI is InChI=1S/C24H33NO/c1-16-9-21(24-13-18-10-19(14-24)12-20(11-18)15-24)6-7-22(16)23(26)25-8-4-3-5-17(25)2/h6-7,9,17-20H,3-5,8,10-15H2,1-2H3/t17-,18?,19?,20?,24?/m1/s1. The number of hydrogen-bond acceptors (Lipinski definition) is 1. The highest BCUT2D eigenvalue weighted by atomic mass is 16.2. The number of aryl methyl sites for hydroxylation is 1. The molecule has 1 atom stereocenters. The number of carbonyl (C=O) groups excluding carboxylic acids is 1. The number of amides is 1. The second kappa shape index (κ2) is 6.11. The molecule has 0 unspecified atom stereocenters. The van der Waals surface area contributed by atoms with Crippen LogP contribution in [-0.4, -0.2) is 23.4 Å². The van der Waals surface area contributed by atoms with Crippen LogP contribution in [0.4, 0.5) is 0 Å². The summed E-state index contributed by atoms with van der Waals surface area (Å²) in [6.45, 7) is 5.29. The third kappa shape index (κ3) is 2.63. The Morgan fingerprint density at radius 3 is 2.27 bits per heavy atom. The number of benzene rings is 1. The molecule has 5 aliphatic rings. The van der Waals surface area contributed by atoms with Crippen LogP contribution >= 0.6 is 0 Å². The van der Waals surface area contributed by atoms with Crippen molar-refractivity contribution in [3.05, 3.63) is 34.9 Å². The summed E-state index contributed by atoms with van der Waals surface area (Å²) in [6.07, 6.45) is 12.2. The minimum Gasteiger partial charge on any atom is -0.336 e. The van der Waals surface area contributed by atoms with Crippen LogP contribution in [0.5, 0.6) is 0 Å². The number of likely N-dealkylation sites (tertiary alicyclic amines) is 1. The quantitative estimate of drug-likeness (QED) is 0.691. The van der Waals surface area contributed by atoms with Gasteiger partial charge >= 0.3 is 0 Å². The predicted octanol–water partition coefficient (Wildman–Crippen LogP) is 5.48. The second-order valence-corrected chi connectivity index (χ2v) is 10.1. The van der Waals surface area contributed by atoms with Crippen LogP contribution in [0, 0.1) is 24.7 Å². The molecule has 1 heterocycles. The fourth-order valence-corrected chi connectivity index (χ4v) is 7.25. The Morgan fingerprint density at radius 2 is 1.69 bits per heavy atom. The predicted molar refractivity (Wildman–Crippen MR) is 105 cm³/mol. The molecule has 1 aliphatic heterocycles. The third-order valence-electron chi connectivity index (χ3n) is 8.17. The molecular weight excluding hydrogens is 318 g/mol. The molecule has 1 saturated heterocycles. The van der Waals surface area contributed by atoms with Crippen LogP contribution in [0.25, 0.3) is 0 Å². The van der Waals surface area contributed by atoms with Crippen LogP contribution in [-0.2, 0) is 5.41 Å². The van der Waals surface area contributed by atoms with Crippen molar-refractivity contribution < 1.29 is 4.79 Å². The summed E-state index contributed by atoms with van der Waals surface area (Å²) in [5.41, 5.74) is 4.10. The lowest BCUT2D eigenvalue weighted by molar-refractivity contribution is -0.00523. The minimum absolute atomic E-state index is 0.256. The average Bonchev–Trinajstić information content (AvgIpc) is 2.60. The Hall–Kier alpha value is -1.31. The van der Waals surface area contributed by atoms with E-state index in [4.69, 9.17) is 0 Å². The first kappa shape index (κ1) is 16.8. The molecule has 4 saturated carbocycles. The van der Waals surface area contributed by atoms with Crippen molar-refractivity contribution in [2.75, 3.05) is 6.54 Å². The van der Waals surface area contributed by atoms with Gasteiger partial charge in [-0.15, -0.1) is 0 Å². The fraction of sp³-hybridized carbons (Fsp3) is 0.708. The van der Waals surface area contributed by atoms with Gasteiger partial charge in [-0.25, -0.2) is 0 Å². The monoisotopic (exact) mass is 351 g/mol. The summed E-state index contributed by atoms with van der Waals surface area (Å²) in [5, 5.41) is 0. The topological polar surface area (TPSA) is 20.3 Å². The van der Waals surface area contributed by atoms with E-state index < -0.39 is 0 Å². The van der Waals surface area contributed by atoms with E-state index in [0.717, 1.165) is 42.7 Å². The molecule has 0 radical (unpaired) electrons. The summed E-state index contributed by atoms with van der Waals surface area (Å²) in [6, 6.07) is 7.25. The summed E-state index contributed by atoms with van der Waals surface area (Å²) in [7, 11) is 0. The Morgan fingerprint density at radius 1 is 1.04 bits per heavy atom. The summed E-state index contributed by atoms with van der Waals surface area (Å²) in [5.74, 6) is 3.16. The molecule has 2 heteroatoms. The highest BCUT2D eigenvalue weighted by Crippen LogP contribution is 2.60. The zero-order chi connectivity index (χ0) is 17.9. The summed E-state index contributed by atoms with van der Waals surface area (Å²) in [4.78, 5) is 15.2. The third-order valence-corrected chi connectivity index (χ3v) is 8.17. The van der Waals surface area contributed by atoms with Gasteiger partial charge in [0, 0.05) is 18.2 Å². The molecule has 1 aromatic rings. The van der Waals surface area contributed by atoms with Gasteiger partial charge in [-0.2, -0.15) is 0 Å². The van der Waals surface area contributed by atoms with Crippen LogP contribution in [0.2, 0.25) is 0 Å².